The fourth-order valence-electron chi connectivity index (χ4n) is 1.83. The van der Waals surface area contributed by atoms with Crippen LogP contribution in [0.25, 0.3) is 0 Å². The Morgan fingerprint density at radius 2 is 2.11 bits per heavy atom. The molecule has 0 heterocycles. The van der Waals surface area contributed by atoms with Crippen LogP contribution in [-0.2, 0) is 11.2 Å². The average Bonchev–Trinajstić information content (AvgIpc) is 2.38. The zero-order valence-corrected chi connectivity index (χ0v) is 12.7. The van der Waals surface area contributed by atoms with Crippen LogP contribution in [0.3, 0.4) is 0 Å². The zero-order chi connectivity index (χ0) is 13.5. The molecule has 0 aliphatic carbocycles. The molecule has 0 fully saturated rings. The Bertz CT molecular complexity index is 374. The van der Waals surface area contributed by atoms with Crippen molar-refractivity contribution < 1.29 is 9.47 Å². The first kappa shape index (κ1) is 15.4. The first-order chi connectivity index (χ1) is 8.60. The third kappa shape index (κ3) is 4.57. The summed E-state index contributed by atoms with van der Waals surface area (Å²) in [4.78, 5) is 0. The number of ether oxygens (including phenoxy) is 2. The summed E-state index contributed by atoms with van der Waals surface area (Å²) in [5.41, 5.74) is 4.04. The second kappa shape index (κ2) is 7.74. The molecule has 1 aromatic rings. The predicted molar refractivity (Wildman–Crippen MR) is 76.6 cm³/mol. The molecule has 0 aromatic heterocycles. The highest BCUT2D eigenvalue weighted by Gasteiger charge is 2.13. The smallest absolute Gasteiger partial charge is 0.133 e. The van der Waals surface area contributed by atoms with Crippen molar-refractivity contribution in [1.82, 2.24) is 5.43 Å². The fraction of sp³-hybridized carbons (Fsp3) is 0.538. The highest BCUT2D eigenvalue weighted by atomic mass is 79.9. The van der Waals surface area contributed by atoms with Crippen LogP contribution in [0.1, 0.15) is 18.9 Å². The van der Waals surface area contributed by atoms with Gasteiger partial charge in [-0.05, 0) is 53.4 Å². The van der Waals surface area contributed by atoms with Crippen LogP contribution in [0, 0.1) is 0 Å². The molecule has 0 saturated carbocycles. The molecule has 1 rings (SSSR count). The van der Waals surface area contributed by atoms with E-state index in [9.17, 15) is 0 Å². The molecule has 0 bridgehead atoms. The largest absolute Gasteiger partial charge is 0.496 e. The Hall–Kier alpha value is -0.620. The SMILES string of the molecule is COc1ccc(CC(CC(C)OC)NN)cc1Br. The van der Waals surface area contributed by atoms with E-state index in [1.54, 1.807) is 14.2 Å². The average molecular weight is 317 g/mol. The van der Waals surface area contributed by atoms with Gasteiger partial charge in [-0.1, -0.05) is 6.07 Å². The summed E-state index contributed by atoms with van der Waals surface area (Å²) in [6.45, 7) is 2.04. The Morgan fingerprint density at radius 1 is 1.39 bits per heavy atom. The van der Waals surface area contributed by atoms with Crippen molar-refractivity contribution >= 4 is 15.9 Å². The van der Waals surface area contributed by atoms with Crippen molar-refractivity contribution in [3.05, 3.63) is 28.2 Å². The maximum Gasteiger partial charge on any atom is 0.133 e. The molecule has 0 spiro atoms. The lowest BCUT2D eigenvalue weighted by molar-refractivity contribution is 0.100. The number of hydrazine groups is 1. The topological polar surface area (TPSA) is 56.5 Å². The van der Waals surface area contributed by atoms with E-state index in [0.29, 0.717) is 0 Å². The minimum absolute atomic E-state index is 0.188. The van der Waals surface area contributed by atoms with E-state index in [4.69, 9.17) is 15.3 Å². The summed E-state index contributed by atoms with van der Waals surface area (Å²) in [5.74, 6) is 6.41. The van der Waals surface area contributed by atoms with Crippen molar-refractivity contribution in [1.29, 1.82) is 0 Å². The van der Waals surface area contributed by atoms with Gasteiger partial charge in [-0.15, -0.1) is 0 Å². The van der Waals surface area contributed by atoms with Crippen molar-refractivity contribution in [3.63, 3.8) is 0 Å². The van der Waals surface area contributed by atoms with Crippen LogP contribution >= 0.6 is 15.9 Å². The van der Waals surface area contributed by atoms with Gasteiger partial charge in [0.25, 0.3) is 0 Å². The monoisotopic (exact) mass is 316 g/mol. The molecular formula is C13H21BrN2O2. The van der Waals surface area contributed by atoms with Crippen LogP contribution in [0.15, 0.2) is 22.7 Å². The van der Waals surface area contributed by atoms with E-state index < -0.39 is 0 Å². The maximum atomic E-state index is 5.58. The van der Waals surface area contributed by atoms with Gasteiger partial charge in [0.15, 0.2) is 0 Å². The summed E-state index contributed by atoms with van der Waals surface area (Å²) >= 11 is 3.48. The molecule has 3 N–H and O–H groups in total. The van der Waals surface area contributed by atoms with E-state index in [-0.39, 0.29) is 12.1 Å². The normalized spacial score (nSPS) is 14.3. The third-order valence-corrected chi connectivity index (χ3v) is 3.57. The second-order valence-corrected chi connectivity index (χ2v) is 5.17. The quantitative estimate of drug-likeness (QED) is 0.598. The standard InChI is InChI=1S/C13H21BrN2O2/c1-9(17-2)6-11(16-15)7-10-4-5-13(18-3)12(14)8-10/h4-5,8-9,11,16H,6-7,15H2,1-3H3. The molecule has 2 unspecified atom stereocenters. The van der Waals surface area contributed by atoms with Crippen molar-refractivity contribution in [2.75, 3.05) is 14.2 Å². The molecule has 0 aliphatic rings. The number of hydrogen-bond donors (Lipinski definition) is 2. The molecule has 4 nitrogen and oxygen atoms in total. The van der Waals surface area contributed by atoms with E-state index >= 15 is 0 Å². The number of halogens is 1. The van der Waals surface area contributed by atoms with Gasteiger partial charge in [-0.25, -0.2) is 0 Å². The molecule has 18 heavy (non-hydrogen) atoms. The van der Waals surface area contributed by atoms with Gasteiger partial charge >= 0.3 is 0 Å². The first-order valence-corrected chi connectivity index (χ1v) is 6.71. The lowest BCUT2D eigenvalue weighted by Gasteiger charge is -2.19. The Kier molecular flexibility index (Phi) is 6.63. The number of nitrogens with two attached hydrogens (primary N) is 1. The van der Waals surface area contributed by atoms with Gasteiger partial charge in [-0.2, -0.15) is 0 Å². The van der Waals surface area contributed by atoms with Gasteiger partial charge in [0.2, 0.25) is 0 Å². The first-order valence-electron chi connectivity index (χ1n) is 5.92. The van der Waals surface area contributed by atoms with E-state index in [1.807, 2.05) is 19.1 Å². The van der Waals surface area contributed by atoms with Gasteiger partial charge in [0.1, 0.15) is 5.75 Å². The van der Waals surface area contributed by atoms with Gasteiger partial charge in [0.05, 0.1) is 17.7 Å². The molecule has 5 heteroatoms. The molecule has 2 atom stereocenters. The summed E-state index contributed by atoms with van der Waals surface area (Å²) in [7, 11) is 3.37. The summed E-state index contributed by atoms with van der Waals surface area (Å²) in [6.07, 6.45) is 1.91. The van der Waals surface area contributed by atoms with Gasteiger partial charge in [0, 0.05) is 13.2 Å². The molecule has 0 radical (unpaired) electrons. The lowest BCUT2D eigenvalue weighted by Crippen LogP contribution is -2.39. The van der Waals surface area contributed by atoms with Crippen molar-refractivity contribution in [2.45, 2.75) is 31.9 Å². The van der Waals surface area contributed by atoms with Gasteiger partial charge in [-0.3, -0.25) is 11.3 Å². The van der Waals surface area contributed by atoms with E-state index in [0.717, 1.165) is 23.1 Å². The predicted octanol–water partition coefficient (Wildman–Crippen LogP) is 2.26. The molecule has 0 amide bonds. The van der Waals surface area contributed by atoms with Crippen LogP contribution in [0.4, 0.5) is 0 Å². The molecule has 0 saturated heterocycles. The summed E-state index contributed by atoms with van der Waals surface area (Å²) < 4.78 is 11.4. The van der Waals surface area contributed by atoms with Crippen LogP contribution in [0.5, 0.6) is 5.75 Å². The lowest BCUT2D eigenvalue weighted by atomic mass is 10.0. The van der Waals surface area contributed by atoms with E-state index in [1.165, 1.54) is 5.56 Å². The number of methoxy groups -OCH3 is 2. The van der Waals surface area contributed by atoms with Gasteiger partial charge < -0.3 is 9.47 Å². The number of rotatable bonds is 7. The molecule has 0 aliphatic heterocycles. The second-order valence-electron chi connectivity index (χ2n) is 4.32. The third-order valence-electron chi connectivity index (χ3n) is 2.95. The summed E-state index contributed by atoms with van der Waals surface area (Å²) in [6, 6.07) is 6.25. The van der Waals surface area contributed by atoms with Crippen LogP contribution in [-0.4, -0.2) is 26.4 Å². The number of hydrogen-bond acceptors (Lipinski definition) is 4. The highest BCUT2D eigenvalue weighted by Crippen LogP contribution is 2.26. The van der Waals surface area contributed by atoms with Crippen LogP contribution < -0.4 is 16.0 Å². The molecular weight excluding hydrogens is 296 g/mol. The molecule has 102 valence electrons. The number of nitrogens with one attached hydrogen (secondary N) is 1. The highest BCUT2D eigenvalue weighted by molar-refractivity contribution is 9.10. The van der Waals surface area contributed by atoms with Crippen LogP contribution in [0.2, 0.25) is 0 Å². The minimum Gasteiger partial charge on any atom is -0.496 e. The summed E-state index contributed by atoms with van der Waals surface area (Å²) in [5, 5.41) is 0. The Morgan fingerprint density at radius 3 is 2.61 bits per heavy atom. The zero-order valence-electron chi connectivity index (χ0n) is 11.1. The minimum atomic E-state index is 0.188. The van der Waals surface area contributed by atoms with Crippen molar-refractivity contribution in [3.8, 4) is 5.75 Å². The maximum absolute atomic E-state index is 5.58. The molecule has 1 aromatic carbocycles. The van der Waals surface area contributed by atoms with Crippen molar-refractivity contribution in [2.24, 2.45) is 5.84 Å². The Labute approximate surface area is 117 Å². The van der Waals surface area contributed by atoms with E-state index in [2.05, 4.69) is 27.4 Å². The Balaban J connectivity index is 2.67. The number of benzene rings is 1. The fourth-order valence-corrected chi connectivity index (χ4v) is 2.42.